The van der Waals surface area contributed by atoms with E-state index < -0.39 is 12.3 Å². The predicted octanol–water partition coefficient (Wildman–Crippen LogP) is 1.49. The zero-order chi connectivity index (χ0) is 12.1. The minimum atomic E-state index is -2.89. The molecule has 1 aliphatic rings. The van der Waals surface area contributed by atoms with Crippen molar-refractivity contribution in [1.82, 2.24) is 10.2 Å². The second-order valence-electron chi connectivity index (χ2n) is 4.58. The van der Waals surface area contributed by atoms with Crippen LogP contribution >= 0.6 is 0 Å². The van der Waals surface area contributed by atoms with Crippen LogP contribution in [0, 0.1) is 5.92 Å². The van der Waals surface area contributed by atoms with E-state index in [-0.39, 0.29) is 6.04 Å². The van der Waals surface area contributed by atoms with Crippen molar-refractivity contribution in [2.45, 2.75) is 39.2 Å². The van der Waals surface area contributed by atoms with Crippen molar-refractivity contribution < 1.29 is 13.6 Å². The Kier molecular flexibility index (Phi) is 5.12. The summed E-state index contributed by atoms with van der Waals surface area (Å²) in [6, 6.07) is -0.156. The summed E-state index contributed by atoms with van der Waals surface area (Å²) in [5, 5.41) is 3.22. The van der Waals surface area contributed by atoms with E-state index >= 15 is 0 Å². The van der Waals surface area contributed by atoms with Gasteiger partial charge in [-0.25, -0.2) is 0 Å². The van der Waals surface area contributed by atoms with Crippen molar-refractivity contribution in [3.8, 4) is 0 Å². The molecule has 0 aromatic heterocycles. The fourth-order valence-electron chi connectivity index (χ4n) is 2.02. The molecule has 1 heterocycles. The van der Waals surface area contributed by atoms with Crippen LogP contribution in [0.2, 0.25) is 0 Å². The Hall–Kier alpha value is -0.710. The molecule has 3 nitrogen and oxygen atoms in total. The first-order valence-corrected chi connectivity index (χ1v) is 5.81. The summed E-state index contributed by atoms with van der Waals surface area (Å²) in [4.78, 5) is 12.6. The van der Waals surface area contributed by atoms with E-state index in [9.17, 15) is 13.6 Å². The monoisotopic (exact) mass is 234 g/mol. The fraction of sp³-hybridized carbons (Fsp3) is 0.909. The highest BCUT2D eigenvalue weighted by Crippen LogP contribution is 2.16. The lowest BCUT2D eigenvalue weighted by Gasteiger charge is -2.32. The van der Waals surface area contributed by atoms with E-state index in [4.69, 9.17) is 0 Å². The van der Waals surface area contributed by atoms with Crippen molar-refractivity contribution in [3.05, 3.63) is 0 Å². The van der Waals surface area contributed by atoms with E-state index in [0.717, 1.165) is 25.9 Å². The minimum absolute atomic E-state index is 0.156. The van der Waals surface area contributed by atoms with E-state index in [1.165, 1.54) is 4.90 Å². The van der Waals surface area contributed by atoms with E-state index in [0.29, 0.717) is 12.5 Å². The van der Waals surface area contributed by atoms with Gasteiger partial charge in [-0.2, -0.15) is 8.78 Å². The van der Waals surface area contributed by atoms with Gasteiger partial charge in [0.1, 0.15) is 0 Å². The Bertz CT molecular complexity index is 228. The molecule has 1 aliphatic heterocycles. The topological polar surface area (TPSA) is 32.3 Å². The highest BCUT2D eigenvalue weighted by molar-refractivity contribution is 5.79. The van der Waals surface area contributed by atoms with Gasteiger partial charge in [0, 0.05) is 12.6 Å². The molecule has 0 saturated carbocycles. The van der Waals surface area contributed by atoms with Crippen LogP contribution in [-0.4, -0.2) is 42.9 Å². The van der Waals surface area contributed by atoms with Gasteiger partial charge >= 0.3 is 6.43 Å². The van der Waals surface area contributed by atoms with Gasteiger partial charge in [0.2, 0.25) is 0 Å². The molecular formula is C11H20F2N2O. The van der Waals surface area contributed by atoms with Crippen LogP contribution in [0.25, 0.3) is 0 Å². The Morgan fingerprint density at radius 1 is 1.38 bits per heavy atom. The molecule has 0 aromatic carbocycles. The molecule has 0 bridgehead atoms. The van der Waals surface area contributed by atoms with Gasteiger partial charge < -0.3 is 10.2 Å². The molecule has 1 rings (SSSR count). The summed E-state index contributed by atoms with van der Waals surface area (Å²) in [7, 11) is 0. The third kappa shape index (κ3) is 3.70. The second kappa shape index (κ2) is 6.13. The average Bonchev–Trinajstić information content (AvgIpc) is 2.26. The Labute approximate surface area is 95.2 Å². The first-order valence-electron chi connectivity index (χ1n) is 5.81. The number of nitrogens with one attached hydrogen (secondary N) is 1. The van der Waals surface area contributed by atoms with Crippen molar-refractivity contribution >= 4 is 5.91 Å². The Morgan fingerprint density at radius 2 is 1.94 bits per heavy atom. The van der Waals surface area contributed by atoms with Crippen LogP contribution < -0.4 is 5.32 Å². The van der Waals surface area contributed by atoms with E-state index in [1.54, 1.807) is 13.8 Å². The number of hydrogen-bond acceptors (Lipinski definition) is 2. The largest absolute Gasteiger partial charge is 0.335 e. The van der Waals surface area contributed by atoms with Gasteiger partial charge in [0.25, 0.3) is 5.91 Å². The summed E-state index contributed by atoms with van der Waals surface area (Å²) in [5.74, 6) is -0.681. The summed E-state index contributed by atoms with van der Waals surface area (Å²) >= 11 is 0. The van der Waals surface area contributed by atoms with Crippen LogP contribution in [-0.2, 0) is 4.79 Å². The van der Waals surface area contributed by atoms with Gasteiger partial charge in [0.15, 0.2) is 0 Å². The number of amides is 1. The number of halogens is 2. The Balaban J connectivity index is 2.53. The molecule has 1 amide bonds. The van der Waals surface area contributed by atoms with Crippen LogP contribution in [0.1, 0.15) is 26.7 Å². The molecule has 0 aromatic rings. The number of carbonyl (C=O) groups is 1. The lowest BCUT2D eigenvalue weighted by atomic mass is 9.97. The fourth-order valence-corrected chi connectivity index (χ4v) is 2.02. The van der Waals surface area contributed by atoms with Crippen molar-refractivity contribution in [3.63, 3.8) is 0 Å². The number of piperidine rings is 1. The third-order valence-corrected chi connectivity index (χ3v) is 3.01. The molecule has 0 spiro atoms. The van der Waals surface area contributed by atoms with Crippen molar-refractivity contribution in [2.24, 2.45) is 5.92 Å². The zero-order valence-corrected chi connectivity index (χ0v) is 9.88. The smallest absolute Gasteiger partial charge is 0.315 e. The van der Waals surface area contributed by atoms with Crippen LogP contribution in [0.5, 0.6) is 0 Å². The van der Waals surface area contributed by atoms with Crippen LogP contribution in [0.15, 0.2) is 0 Å². The molecule has 94 valence electrons. The maximum Gasteiger partial charge on any atom is 0.315 e. The minimum Gasteiger partial charge on any atom is -0.335 e. The molecule has 16 heavy (non-hydrogen) atoms. The highest BCUT2D eigenvalue weighted by atomic mass is 19.3. The lowest BCUT2D eigenvalue weighted by molar-refractivity contribution is -0.145. The second-order valence-corrected chi connectivity index (χ2v) is 4.58. The molecule has 0 unspecified atom stereocenters. The number of alkyl halides is 2. The van der Waals surface area contributed by atoms with Crippen LogP contribution in [0.3, 0.4) is 0 Å². The average molecular weight is 234 g/mol. The van der Waals surface area contributed by atoms with Crippen LogP contribution in [0.4, 0.5) is 8.78 Å². The summed E-state index contributed by atoms with van der Waals surface area (Å²) in [6.45, 7) is 5.85. The third-order valence-electron chi connectivity index (χ3n) is 3.01. The molecule has 5 heteroatoms. The highest BCUT2D eigenvalue weighted by Gasteiger charge is 2.28. The SMILES string of the molecule is CC(C)N(CC1CCNCC1)C(=O)C(F)F. The van der Waals surface area contributed by atoms with Gasteiger partial charge in [-0.1, -0.05) is 0 Å². The number of nitrogens with zero attached hydrogens (tertiary/aromatic N) is 1. The summed E-state index contributed by atoms with van der Waals surface area (Å²) < 4.78 is 24.8. The summed E-state index contributed by atoms with van der Waals surface area (Å²) in [6.07, 6.45) is -0.969. The maximum atomic E-state index is 12.4. The zero-order valence-electron chi connectivity index (χ0n) is 9.88. The number of carbonyl (C=O) groups excluding carboxylic acids is 1. The quantitative estimate of drug-likeness (QED) is 0.799. The molecule has 0 atom stereocenters. The van der Waals surface area contributed by atoms with E-state index in [2.05, 4.69) is 5.32 Å². The Morgan fingerprint density at radius 3 is 2.38 bits per heavy atom. The molecule has 0 aliphatic carbocycles. The molecule has 1 fully saturated rings. The normalized spacial score (nSPS) is 18.1. The summed E-state index contributed by atoms with van der Waals surface area (Å²) in [5.41, 5.74) is 0. The maximum absolute atomic E-state index is 12.4. The van der Waals surface area contributed by atoms with Gasteiger partial charge in [-0.15, -0.1) is 0 Å². The van der Waals surface area contributed by atoms with Gasteiger partial charge in [-0.05, 0) is 45.7 Å². The van der Waals surface area contributed by atoms with Crippen molar-refractivity contribution in [2.75, 3.05) is 19.6 Å². The molecule has 1 N–H and O–H groups in total. The predicted molar refractivity (Wildman–Crippen MR) is 58.4 cm³/mol. The first-order chi connectivity index (χ1) is 7.52. The molecule has 1 saturated heterocycles. The lowest BCUT2D eigenvalue weighted by Crippen LogP contribution is -2.45. The molecular weight excluding hydrogens is 214 g/mol. The standard InChI is InChI=1S/C11H20F2N2O/c1-8(2)15(11(16)10(12)13)7-9-3-5-14-6-4-9/h8-10,14H,3-7H2,1-2H3. The van der Waals surface area contributed by atoms with Crippen molar-refractivity contribution in [1.29, 1.82) is 0 Å². The number of rotatable bonds is 4. The van der Waals surface area contributed by atoms with Gasteiger partial charge in [-0.3, -0.25) is 4.79 Å². The molecule has 0 radical (unpaired) electrons. The van der Waals surface area contributed by atoms with E-state index in [1.807, 2.05) is 0 Å². The first kappa shape index (κ1) is 13.4. The number of hydrogen-bond donors (Lipinski definition) is 1. The van der Waals surface area contributed by atoms with Gasteiger partial charge in [0.05, 0.1) is 0 Å².